The zero-order chi connectivity index (χ0) is 29.4. The van der Waals surface area contributed by atoms with Crippen LogP contribution in [0.4, 0.5) is 14.5 Å². The van der Waals surface area contributed by atoms with Gasteiger partial charge in [0.25, 0.3) is 0 Å². The summed E-state index contributed by atoms with van der Waals surface area (Å²) in [5.41, 5.74) is 2.32. The molecule has 0 aromatic heterocycles. The van der Waals surface area contributed by atoms with Crippen molar-refractivity contribution in [1.82, 2.24) is 10.2 Å². The Morgan fingerprint density at radius 3 is 2.17 bits per heavy atom. The molecular formula is C30H35F2N3O4S. The lowest BCUT2D eigenvalue weighted by molar-refractivity contribution is -0.140. The highest BCUT2D eigenvalue weighted by atomic mass is 32.2. The van der Waals surface area contributed by atoms with E-state index in [1.165, 1.54) is 4.90 Å². The molecule has 0 aliphatic carbocycles. The minimum atomic E-state index is -4.09. The molecule has 3 rings (SSSR count). The van der Waals surface area contributed by atoms with Crippen LogP contribution in [0.1, 0.15) is 30.5 Å². The minimum Gasteiger partial charge on any atom is -0.354 e. The maximum Gasteiger partial charge on any atom is 0.244 e. The van der Waals surface area contributed by atoms with Crippen LogP contribution in [0, 0.1) is 24.5 Å². The lowest BCUT2D eigenvalue weighted by Crippen LogP contribution is -2.53. The van der Waals surface area contributed by atoms with Gasteiger partial charge in [0.2, 0.25) is 21.8 Å². The van der Waals surface area contributed by atoms with E-state index >= 15 is 0 Å². The Hall–Kier alpha value is -3.79. The van der Waals surface area contributed by atoms with Gasteiger partial charge in [0.1, 0.15) is 12.6 Å². The third-order valence-corrected chi connectivity index (χ3v) is 7.40. The molecule has 10 heteroatoms. The van der Waals surface area contributed by atoms with Gasteiger partial charge in [-0.15, -0.1) is 0 Å². The maximum atomic E-state index is 14.0. The largest absolute Gasteiger partial charge is 0.354 e. The van der Waals surface area contributed by atoms with Crippen molar-refractivity contribution >= 4 is 27.5 Å². The van der Waals surface area contributed by atoms with Crippen LogP contribution in [0.3, 0.4) is 0 Å². The molecule has 3 aromatic rings. The van der Waals surface area contributed by atoms with Gasteiger partial charge in [-0.2, -0.15) is 0 Å². The first-order valence-corrected chi connectivity index (χ1v) is 14.8. The lowest BCUT2D eigenvalue weighted by Gasteiger charge is -2.33. The standard InChI is InChI=1S/C30H35F2N3O4S/c1-21(2)18-33-30(37)28(16-23-10-6-5-7-11-23)34(19-24-12-8-9-22(3)15-24)29(36)20-35(40(4,38)39)25-13-14-26(31)27(32)17-25/h5-15,17,21,28H,16,18-20H2,1-4H3,(H,33,37)/t28-/m1/s1. The number of carbonyl (C=O) groups is 2. The van der Waals surface area contributed by atoms with Crippen LogP contribution in [0.5, 0.6) is 0 Å². The summed E-state index contributed by atoms with van der Waals surface area (Å²) in [6.07, 6.45) is 1.07. The lowest BCUT2D eigenvalue weighted by atomic mass is 10.0. The van der Waals surface area contributed by atoms with E-state index in [4.69, 9.17) is 0 Å². The van der Waals surface area contributed by atoms with Crippen molar-refractivity contribution in [3.8, 4) is 0 Å². The third-order valence-electron chi connectivity index (χ3n) is 6.26. The summed E-state index contributed by atoms with van der Waals surface area (Å²) in [4.78, 5) is 28.9. The number of carbonyl (C=O) groups excluding carboxylic acids is 2. The summed E-state index contributed by atoms with van der Waals surface area (Å²) in [5.74, 6) is -3.27. The first-order valence-electron chi connectivity index (χ1n) is 12.9. The number of anilines is 1. The molecule has 0 spiro atoms. The molecule has 7 nitrogen and oxygen atoms in total. The van der Waals surface area contributed by atoms with Gasteiger partial charge < -0.3 is 10.2 Å². The summed E-state index contributed by atoms with van der Waals surface area (Å²) in [6.45, 7) is 5.52. The summed E-state index contributed by atoms with van der Waals surface area (Å²) >= 11 is 0. The molecule has 0 aliphatic heterocycles. The number of sulfonamides is 1. The van der Waals surface area contributed by atoms with E-state index < -0.39 is 40.2 Å². The van der Waals surface area contributed by atoms with Crippen LogP contribution < -0.4 is 9.62 Å². The molecule has 0 fully saturated rings. The molecular weight excluding hydrogens is 536 g/mol. The number of nitrogens with one attached hydrogen (secondary N) is 1. The van der Waals surface area contributed by atoms with Crippen molar-refractivity contribution in [3.05, 3.63) is 101 Å². The van der Waals surface area contributed by atoms with Crippen molar-refractivity contribution in [2.45, 2.75) is 39.8 Å². The fraction of sp³-hybridized carbons (Fsp3) is 0.333. The molecule has 0 radical (unpaired) electrons. The second-order valence-corrected chi connectivity index (χ2v) is 12.1. The predicted molar refractivity (Wildman–Crippen MR) is 152 cm³/mol. The molecule has 0 saturated heterocycles. The monoisotopic (exact) mass is 571 g/mol. The van der Waals surface area contributed by atoms with Crippen LogP contribution in [-0.4, -0.2) is 50.5 Å². The number of benzene rings is 3. The van der Waals surface area contributed by atoms with Crippen molar-refractivity contribution in [3.63, 3.8) is 0 Å². The zero-order valence-electron chi connectivity index (χ0n) is 23.1. The van der Waals surface area contributed by atoms with Gasteiger partial charge in [0, 0.05) is 25.6 Å². The first-order chi connectivity index (χ1) is 18.8. The molecule has 1 N–H and O–H groups in total. The Kier molecular flexibility index (Phi) is 10.4. The van der Waals surface area contributed by atoms with E-state index in [9.17, 15) is 26.8 Å². The van der Waals surface area contributed by atoms with Crippen molar-refractivity contribution in [1.29, 1.82) is 0 Å². The zero-order valence-corrected chi connectivity index (χ0v) is 23.9. The van der Waals surface area contributed by atoms with Crippen molar-refractivity contribution in [2.75, 3.05) is 23.7 Å². The number of hydrogen-bond donors (Lipinski definition) is 1. The Balaban J connectivity index is 2.06. The van der Waals surface area contributed by atoms with Crippen LogP contribution in [0.25, 0.3) is 0 Å². The van der Waals surface area contributed by atoms with Gasteiger partial charge in [-0.1, -0.05) is 74.0 Å². The number of aryl methyl sites for hydroxylation is 1. The quantitative estimate of drug-likeness (QED) is 0.348. The molecule has 0 heterocycles. The van der Waals surface area contributed by atoms with E-state index in [0.29, 0.717) is 10.8 Å². The normalized spacial score (nSPS) is 12.2. The average Bonchev–Trinajstić information content (AvgIpc) is 2.89. The maximum absolute atomic E-state index is 14.0. The van der Waals surface area contributed by atoms with Gasteiger partial charge >= 0.3 is 0 Å². The van der Waals surface area contributed by atoms with Crippen LogP contribution >= 0.6 is 0 Å². The second-order valence-electron chi connectivity index (χ2n) is 10.2. The SMILES string of the molecule is Cc1cccc(CN(C(=O)CN(c2ccc(F)c(F)c2)S(C)(=O)=O)[C@H](Cc2ccccc2)C(=O)NCC(C)C)c1. The van der Waals surface area contributed by atoms with E-state index in [1.54, 1.807) is 0 Å². The van der Waals surface area contributed by atoms with Gasteiger partial charge in [-0.05, 0) is 36.1 Å². The summed E-state index contributed by atoms with van der Waals surface area (Å²) in [5, 5.41) is 2.91. The molecule has 1 atom stereocenters. The first kappa shape index (κ1) is 30.7. The van der Waals surface area contributed by atoms with Crippen LogP contribution in [0.2, 0.25) is 0 Å². The average molecular weight is 572 g/mol. The predicted octanol–water partition coefficient (Wildman–Crippen LogP) is 4.45. The van der Waals surface area contributed by atoms with Gasteiger partial charge in [0.05, 0.1) is 11.9 Å². The van der Waals surface area contributed by atoms with Crippen molar-refractivity contribution < 1.29 is 26.8 Å². The molecule has 40 heavy (non-hydrogen) atoms. The molecule has 0 aliphatic rings. The Labute approximate surface area is 234 Å². The highest BCUT2D eigenvalue weighted by Gasteiger charge is 2.33. The second kappa shape index (κ2) is 13.5. The number of halogens is 2. The van der Waals surface area contributed by atoms with E-state index in [2.05, 4.69) is 5.32 Å². The molecule has 2 amide bonds. The smallest absolute Gasteiger partial charge is 0.244 e. The number of nitrogens with zero attached hydrogens (tertiary/aromatic N) is 2. The molecule has 0 unspecified atom stereocenters. The van der Waals surface area contributed by atoms with Crippen LogP contribution in [0.15, 0.2) is 72.8 Å². The minimum absolute atomic E-state index is 0.0303. The molecule has 0 saturated carbocycles. The van der Waals surface area contributed by atoms with Gasteiger partial charge in [0.15, 0.2) is 11.6 Å². The van der Waals surface area contributed by atoms with E-state index in [1.807, 2.05) is 75.4 Å². The molecule has 214 valence electrons. The highest BCUT2D eigenvalue weighted by Crippen LogP contribution is 2.22. The number of amides is 2. The Bertz CT molecular complexity index is 1430. The van der Waals surface area contributed by atoms with E-state index in [0.717, 1.165) is 41.1 Å². The van der Waals surface area contributed by atoms with Gasteiger partial charge in [-0.3, -0.25) is 13.9 Å². The van der Waals surface area contributed by atoms with Crippen LogP contribution in [-0.2, 0) is 32.6 Å². The number of rotatable bonds is 12. The third kappa shape index (κ3) is 8.61. The fourth-order valence-corrected chi connectivity index (χ4v) is 5.08. The topological polar surface area (TPSA) is 86.8 Å². The summed E-state index contributed by atoms with van der Waals surface area (Å²) in [6, 6.07) is 18.3. The fourth-order valence-electron chi connectivity index (χ4n) is 4.24. The Morgan fingerprint density at radius 1 is 0.900 bits per heavy atom. The van der Waals surface area contributed by atoms with Gasteiger partial charge in [-0.25, -0.2) is 17.2 Å². The number of hydrogen-bond acceptors (Lipinski definition) is 4. The molecule has 0 bridgehead atoms. The Morgan fingerprint density at radius 2 is 1.57 bits per heavy atom. The van der Waals surface area contributed by atoms with Crippen molar-refractivity contribution in [2.24, 2.45) is 5.92 Å². The van der Waals surface area contributed by atoms with E-state index in [-0.39, 0.29) is 30.5 Å². The summed E-state index contributed by atoms with van der Waals surface area (Å²) < 4.78 is 53.8. The highest BCUT2D eigenvalue weighted by molar-refractivity contribution is 7.92. The molecule has 3 aromatic carbocycles. The summed E-state index contributed by atoms with van der Waals surface area (Å²) in [7, 11) is -4.09.